The van der Waals surface area contributed by atoms with Crippen LogP contribution in [-0.2, 0) is 11.2 Å². The van der Waals surface area contributed by atoms with Gasteiger partial charge in [-0.3, -0.25) is 10.1 Å². The smallest absolute Gasteiger partial charge is 0.311 e. The van der Waals surface area contributed by atoms with Crippen LogP contribution in [0.2, 0.25) is 0 Å². The fourth-order valence-corrected chi connectivity index (χ4v) is 6.23. The lowest BCUT2D eigenvalue weighted by molar-refractivity contribution is -0.385. The van der Waals surface area contributed by atoms with Gasteiger partial charge in [0.05, 0.1) is 18.1 Å². The summed E-state index contributed by atoms with van der Waals surface area (Å²) < 4.78 is 11.1. The number of rotatable bonds is 3. The number of hydrogen-bond acceptors (Lipinski definition) is 4. The van der Waals surface area contributed by atoms with Crippen molar-refractivity contribution in [3.05, 3.63) is 33.4 Å². The Kier molecular flexibility index (Phi) is 4.02. The minimum Gasteiger partial charge on any atom is -0.490 e. The van der Waals surface area contributed by atoms with Crippen LogP contribution in [0.1, 0.15) is 56.1 Å². The van der Waals surface area contributed by atoms with Crippen molar-refractivity contribution in [1.82, 2.24) is 0 Å². The minimum absolute atomic E-state index is 0.108. The van der Waals surface area contributed by atoms with Gasteiger partial charge < -0.3 is 9.47 Å². The quantitative estimate of drug-likeness (QED) is 0.599. The first-order valence-corrected chi connectivity index (χ1v) is 9.37. The number of hydrogen-bond donors (Lipinski definition) is 0. The zero-order valence-electron chi connectivity index (χ0n) is 15.3. The Morgan fingerprint density at radius 2 is 2.00 bits per heavy atom. The first-order chi connectivity index (χ1) is 12.0. The number of methoxy groups -OCH3 is 2. The summed E-state index contributed by atoms with van der Waals surface area (Å²) in [6, 6.07) is 3.71. The normalized spacial score (nSPS) is 36.3. The Morgan fingerprint density at radius 3 is 2.68 bits per heavy atom. The summed E-state index contributed by atoms with van der Waals surface area (Å²) in [5, 5.41) is 11.5. The molecule has 1 aromatic rings. The summed E-state index contributed by atoms with van der Waals surface area (Å²) in [6.07, 6.45) is 7.17. The van der Waals surface area contributed by atoms with Gasteiger partial charge >= 0.3 is 5.69 Å². The van der Waals surface area contributed by atoms with E-state index >= 15 is 0 Å². The zero-order chi connectivity index (χ0) is 17.8. The Labute approximate surface area is 148 Å². The van der Waals surface area contributed by atoms with E-state index in [1.807, 2.05) is 13.2 Å². The van der Waals surface area contributed by atoms with Crippen molar-refractivity contribution < 1.29 is 14.4 Å². The highest BCUT2D eigenvalue weighted by Gasteiger charge is 2.55. The van der Waals surface area contributed by atoms with Crippen LogP contribution < -0.4 is 4.74 Å². The maximum absolute atomic E-state index is 11.5. The molecule has 2 fully saturated rings. The molecule has 0 heterocycles. The van der Waals surface area contributed by atoms with Gasteiger partial charge in [-0.25, -0.2) is 0 Å². The predicted molar refractivity (Wildman–Crippen MR) is 95.1 cm³/mol. The highest BCUT2D eigenvalue weighted by Crippen LogP contribution is 2.61. The van der Waals surface area contributed by atoms with Crippen molar-refractivity contribution >= 4 is 5.69 Å². The Bertz CT molecular complexity index is 703. The van der Waals surface area contributed by atoms with Gasteiger partial charge in [0.25, 0.3) is 0 Å². The molecule has 0 N–H and O–H groups in total. The molecule has 5 atom stereocenters. The molecule has 0 aromatic heterocycles. The van der Waals surface area contributed by atoms with Crippen molar-refractivity contribution in [2.75, 3.05) is 14.2 Å². The molecule has 136 valence electrons. The van der Waals surface area contributed by atoms with Crippen LogP contribution in [0.25, 0.3) is 0 Å². The van der Waals surface area contributed by atoms with Gasteiger partial charge in [0.15, 0.2) is 5.75 Å². The molecule has 0 aliphatic heterocycles. The van der Waals surface area contributed by atoms with Crippen LogP contribution >= 0.6 is 0 Å². The fraction of sp³-hybridized carbons (Fsp3) is 0.700. The molecule has 0 bridgehead atoms. The van der Waals surface area contributed by atoms with E-state index in [4.69, 9.17) is 9.47 Å². The number of fused-ring (bicyclic) bond motifs is 5. The molecule has 0 unspecified atom stereocenters. The van der Waals surface area contributed by atoms with E-state index in [0.717, 1.165) is 25.7 Å². The van der Waals surface area contributed by atoms with E-state index in [1.165, 1.54) is 31.1 Å². The summed E-state index contributed by atoms with van der Waals surface area (Å²) in [4.78, 5) is 11.1. The third-order valence-electron chi connectivity index (χ3n) is 7.42. The molecule has 4 rings (SSSR count). The molecular weight excluding hydrogens is 318 g/mol. The second kappa shape index (κ2) is 5.97. The van der Waals surface area contributed by atoms with Gasteiger partial charge in [-0.05, 0) is 78.9 Å². The molecule has 2 saturated carbocycles. The van der Waals surface area contributed by atoms with E-state index in [2.05, 4.69) is 6.92 Å². The summed E-state index contributed by atoms with van der Waals surface area (Å²) in [5.74, 6) is 2.13. The van der Waals surface area contributed by atoms with Gasteiger partial charge in [-0.15, -0.1) is 0 Å². The minimum atomic E-state index is -0.313. The number of aryl methyl sites for hydroxylation is 1. The molecule has 0 radical (unpaired) electrons. The first-order valence-electron chi connectivity index (χ1n) is 9.37. The molecular formula is C20H27NO4. The molecule has 3 aliphatic rings. The van der Waals surface area contributed by atoms with Crippen LogP contribution in [0.3, 0.4) is 0 Å². The zero-order valence-corrected chi connectivity index (χ0v) is 15.3. The van der Waals surface area contributed by atoms with Crippen molar-refractivity contribution in [2.24, 2.45) is 17.3 Å². The highest BCUT2D eigenvalue weighted by atomic mass is 16.6. The maximum atomic E-state index is 11.5. The molecule has 25 heavy (non-hydrogen) atoms. The van der Waals surface area contributed by atoms with Gasteiger partial charge in [-0.1, -0.05) is 6.92 Å². The molecule has 5 heteroatoms. The average Bonchev–Trinajstić information content (AvgIpc) is 2.96. The molecule has 5 nitrogen and oxygen atoms in total. The lowest BCUT2D eigenvalue weighted by Gasteiger charge is -2.50. The van der Waals surface area contributed by atoms with Crippen LogP contribution in [-0.4, -0.2) is 25.2 Å². The van der Waals surface area contributed by atoms with Crippen molar-refractivity contribution in [2.45, 2.75) is 57.5 Å². The van der Waals surface area contributed by atoms with Crippen LogP contribution in [0.15, 0.2) is 12.1 Å². The van der Waals surface area contributed by atoms with Crippen molar-refractivity contribution in [1.29, 1.82) is 0 Å². The summed E-state index contributed by atoms with van der Waals surface area (Å²) in [7, 11) is 3.35. The number of benzene rings is 1. The van der Waals surface area contributed by atoms with E-state index in [1.54, 1.807) is 6.07 Å². The maximum Gasteiger partial charge on any atom is 0.311 e. The molecule has 3 aliphatic carbocycles. The molecule has 0 saturated heterocycles. The number of ether oxygens (including phenoxy) is 2. The Morgan fingerprint density at radius 1 is 1.20 bits per heavy atom. The molecule has 1 aromatic carbocycles. The second-order valence-corrected chi connectivity index (χ2v) is 8.24. The largest absolute Gasteiger partial charge is 0.490 e. The second-order valence-electron chi connectivity index (χ2n) is 8.24. The first kappa shape index (κ1) is 16.8. The molecule has 0 spiro atoms. The third-order valence-corrected chi connectivity index (χ3v) is 7.42. The van der Waals surface area contributed by atoms with E-state index < -0.39 is 0 Å². The number of nitro benzene ring substituents is 1. The van der Waals surface area contributed by atoms with Crippen LogP contribution in [0, 0.1) is 27.4 Å². The van der Waals surface area contributed by atoms with E-state index in [-0.39, 0.29) is 16.0 Å². The predicted octanol–water partition coefficient (Wildman–Crippen LogP) is 4.47. The SMILES string of the molecule is COc1cc2c(cc1[N+](=O)[O-])[C@H]1CC[C@]3(C)[C@@H](OC)CC[C@H]3[C@@H]1CC2. The third kappa shape index (κ3) is 2.39. The number of nitrogens with zero attached hydrogens (tertiary/aromatic N) is 1. The van der Waals surface area contributed by atoms with E-state index in [0.29, 0.717) is 29.6 Å². The highest BCUT2D eigenvalue weighted by molar-refractivity contribution is 5.54. The summed E-state index contributed by atoms with van der Waals surface area (Å²) in [5.41, 5.74) is 2.82. The Hall–Kier alpha value is -1.62. The summed E-state index contributed by atoms with van der Waals surface area (Å²) in [6.45, 7) is 2.40. The van der Waals surface area contributed by atoms with Gasteiger partial charge in [0.2, 0.25) is 0 Å². The van der Waals surface area contributed by atoms with Crippen molar-refractivity contribution in [3.63, 3.8) is 0 Å². The fourth-order valence-electron chi connectivity index (χ4n) is 6.23. The lowest BCUT2D eigenvalue weighted by Crippen LogP contribution is -2.44. The Balaban J connectivity index is 1.72. The van der Waals surface area contributed by atoms with Crippen LogP contribution in [0.4, 0.5) is 5.69 Å². The topological polar surface area (TPSA) is 61.6 Å². The average molecular weight is 345 g/mol. The number of nitro groups is 1. The van der Waals surface area contributed by atoms with Gasteiger partial charge in [0, 0.05) is 13.2 Å². The standard InChI is InChI=1S/C20H27NO4/c1-20-9-8-13-14(16(20)6-7-19(20)25-3)5-4-12-10-18(24-2)17(21(22)23)11-15(12)13/h10-11,13-14,16,19H,4-9H2,1-3H3/t13-,14+,16-,19-,20-/m0/s1. The molecule has 0 amide bonds. The van der Waals surface area contributed by atoms with Crippen LogP contribution in [0.5, 0.6) is 5.75 Å². The monoisotopic (exact) mass is 345 g/mol. The lowest BCUT2D eigenvalue weighted by atomic mass is 9.55. The van der Waals surface area contributed by atoms with Gasteiger partial charge in [-0.2, -0.15) is 0 Å². The van der Waals surface area contributed by atoms with Crippen molar-refractivity contribution in [3.8, 4) is 5.75 Å². The summed E-state index contributed by atoms with van der Waals surface area (Å²) >= 11 is 0. The van der Waals surface area contributed by atoms with Gasteiger partial charge in [0.1, 0.15) is 0 Å². The van der Waals surface area contributed by atoms with E-state index in [9.17, 15) is 10.1 Å².